The molecule has 0 saturated heterocycles. The summed E-state index contributed by atoms with van der Waals surface area (Å²) < 4.78 is 0. The molecule has 0 bridgehead atoms. The standard InChI is InChI=1S/C27H27NO3/c1-2-3-9-20-14-16-22(17-15-20)25(29)18-27(31)23-12-7-8-13-24(23)28(26(27)30)19-21-10-5-4-6-11-21/h4-8,10-17,31H,2-3,9,18-19H2,1H3. The molecule has 1 N–H and O–H groups in total. The van der Waals surface area contributed by atoms with E-state index in [1.54, 1.807) is 29.2 Å². The molecule has 1 atom stereocenters. The van der Waals surface area contributed by atoms with Crippen molar-refractivity contribution in [2.45, 2.75) is 44.8 Å². The topological polar surface area (TPSA) is 57.6 Å². The Hall–Kier alpha value is -3.24. The Morgan fingerprint density at radius 3 is 2.29 bits per heavy atom. The molecular weight excluding hydrogens is 386 g/mol. The van der Waals surface area contributed by atoms with Crippen molar-refractivity contribution in [1.29, 1.82) is 0 Å². The normalized spacial score (nSPS) is 17.6. The summed E-state index contributed by atoms with van der Waals surface area (Å²) in [5.74, 6) is -0.695. The van der Waals surface area contributed by atoms with E-state index in [-0.39, 0.29) is 12.2 Å². The molecule has 0 aliphatic carbocycles. The van der Waals surface area contributed by atoms with Gasteiger partial charge in [0.05, 0.1) is 18.7 Å². The van der Waals surface area contributed by atoms with Crippen molar-refractivity contribution in [3.05, 3.63) is 101 Å². The lowest BCUT2D eigenvalue weighted by Gasteiger charge is -2.23. The second-order valence-corrected chi connectivity index (χ2v) is 8.15. The molecule has 1 aliphatic heterocycles. The van der Waals surface area contributed by atoms with Gasteiger partial charge >= 0.3 is 0 Å². The van der Waals surface area contributed by atoms with Crippen LogP contribution in [0.1, 0.15) is 53.2 Å². The molecule has 158 valence electrons. The number of carbonyl (C=O) groups is 2. The van der Waals surface area contributed by atoms with Crippen molar-refractivity contribution in [1.82, 2.24) is 0 Å². The van der Waals surface area contributed by atoms with E-state index >= 15 is 0 Å². The molecule has 4 heteroatoms. The lowest BCUT2D eigenvalue weighted by Crippen LogP contribution is -2.41. The fourth-order valence-corrected chi connectivity index (χ4v) is 4.17. The second-order valence-electron chi connectivity index (χ2n) is 8.15. The van der Waals surface area contributed by atoms with E-state index in [4.69, 9.17) is 0 Å². The summed E-state index contributed by atoms with van der Waals surface area (Å²) in [4.78, 5) is 27.9. The van der Waals surface area contributed by atoms with Gasteiger partial charge in [-0.15, -0.1) is 0 Å². The molecule has 0 aromatic heterocycles. The number of hydrogen-bond donors (Lipinski definition) is 1. The molecule has 1 aliphatic rings. The van der Waals surface area contributed by atoms with E-state index in [0.29, 0.717) is 23.4 Å². The SMILES string of the molecule is CCCCc1ccc(C(=O)CC2(O)C(=O)N(Cc3ccccc3)c3ccccc32)cc1. The van der Waals surface area contributed by atoms with Crippen LogP contribution in [0.2, 0.25) is 0 Å². The summed E-state index contributed by atoms with van der Waals surface area (Å²) in [6.45, 7) is 2.50. The highest BCUT2D eigenvalue weighted by Crippen LogP contribution is 2.43. The smallest absolute Gasteiger partial charge is 0.264 e. The summed E-state index contributed by atoms with van der Waals surface area (Å²) in [5.41, 5.74) is 1.95. The van der Waals surface area contributed by atoms with Crippen molar-refractivity contribution in [3.63, 3.8) is 0 Å². The minimum Gasteiger partial charge on any atom is -0.375 e. The van der Waals surface area contributed by atoms with E-state index in [9.17, 15) is 14.7 Å². The molecule has 0 spiro atoms. The van der Waals surface area contributed by atoms with E-state index in [1.165, 1.54) is 5.56 Å². The predicted octanol–water partition coefficient (Wildman–Crippen LogP) is 5.04. The predicted molar refractivity (Wildman–Crippen MR) is 122 cm³/mol. The first-order chi connectivity index (χ1) is 15.0. The molecule has 1 amide bonds. The highest BCUT2D eigenvalue weighted by Gasteiger charge is 2.50. The molecule has 3 aromatic carbocycles. The van der Waals surface area contributed by atoms with Crippen LogP contribution >= 0.6 is 0 Å². The van der Waals surface area contributed by atoms with Crippen molar-refractivity contribution in [3.8, 4) is 0 Å². The molecular formula is C27H27NO3. The van der Waals surface area contributed by atoms with E-state index in [1.807, 2.05) is 54.6 Å². The monoisotopic (exact) mass is 413 g/mol. The molecule has 0 radical (unpaired) electrons. The van der Waals surface area contributed by atoms with Gasteiger partial charge < -0.3 is 10.0 Å². The van der Waals surface area contributed by atoms with Gasteiger partial charge in [0.2, 0.25) is 0 Å². The lowest BCUT2D eigenvalue weighted by atomic mass is 9.88. The Balaban J connectivity index is 1.58. The van der Waals surface area contributed by atoms with Gasteiger partial charge in [-0.3, -0.25) is 9.59 Å². The molecule has 31 heavy (non-hydrogen) atoms. The third-order valence-corrected chi connectivity index (χ3v) is 5.93. The number of anilines is 1. The van der Waals surface area contributed by atoms with Crippen LogP contribution in [-0.2, 0) is 23.4 Å². The van der Waals surface area contributed by atoms with Crippen LogP contribution in [-0.4, -0.2) is 16.8 Å². The number of fused-ring (bicyclic) bond motifs is 1. The molecule has 4 rings (SSSR count). The van der Waals surface area contributed by atoms with Crippen LogP contribution in [0.3, 0.4) is 0 Å². The van der Waals surface area contributed by atoms with E-state index in [2.05, 4.69) is 6.92 Å². The summed E-state index contributed by atoms with van der Waals surface area (Å²) in [7, 11) is 0. The van der Waals surface area contributed by atoms with Gasteiger partial charge in [0, 0.05) is 11.1 Å². The Morgan fingerprint density at radius 2 is 1.58 bits per heavy atom. The van der Waals surface area contributed by atoms with Crippen LogP contribution < -0.4 is 4.90 Å². The fraction of sp³-hybridized carbons (Fsp3) is 0.259. The first-order valence-electron chi connectivity index (χ1n) is 10.8. The zero-order valence-corrected chi connectivity index (χ0v) is 17.8. The molecule has 0 saturated carbocycles. The van der Waals surface area contributed by atoms with Gasteiger partial charge in [-0.2, -0.15) is 0 Å². The Bertz CT molecular complexity index is 1080. The molecule has 1 heterocycles. The van der Waals surface area contributed by atoms with Crippen molar-refractivity contribution < 1.29 is 14.7 Å². The maximum atomic E-state index is 13.4. The summed E-state index contributed by atoms with van der Waals surface area (Å²) in [5, 5.41) is 11.5. The van der Waals surface area contributed by atoms with E-state index < -0.39 is 11.5 Å². The third-order valence-electron chi connectivity index (χ3n) is 5.93. The fourth-order valence-electron chi connectivity index (χ4n) is 4.17. The molecule has 4 nitrogen and oxygen atoms in total. The van der Waals surface area contributed by atoms with Crippen LogP contribution in [0.5, 0.6) is 0 Å². The maximum absolute atomic E-state index is 13.4. The number of aryl methyl sites for hydroxylation is 1. The average Bonchev–Trinajstić information content (AvgIpc) is 3.00. The average molecular weight is 414 g/mol. The Kier molecular flexibility index (Phi) is 6.01. The number of unbranched alkanes of at least 4 members (excludes halogenated alkanes) is 1. The number of Topliss-reactive ketones (excluding diaryl/α,β-unsaturated/α-hetero) is 1. The quantitative estimate of drug-likeness (QED) is 0.527. The van der Waals surface area contributed by atoms with Gasteiger partial charge in [0.1, 0.15) is 0 Å². The Morgan fingerprint density at radius 1 is 0.903 bits per heavy atom. The molecule has 1 unspecified atom stereocenters. The first-order valence-corrected chi connectivity index (χ1v) is 10.8. The number of benzene rings is 3. The summed E-state index contributed by atoms with van der Waals surface area (Å²) in [6, 6.07) is 24.3. The van der Waals surface area contributed by atoms with Gasteiger partial charge in [-0.05, 0) is 30.0 Å². The maximum Gasteiger partial charge on any atom is 0.264 e. The van der Waals surface area contributed by atoms with Gasteiger partial charge in [0.15, 0.2) is 11.4 Å². The number of para-hydroxylation sites is 1. The van der Waals surface area contributed by atoms with Crippen molar-refractivity contribution in [2.24, 2.45) is 0 Å². The number of aliphatic hydroxyl groups is 1. The van der Waals surface area contributed by atoms with Gasteiger partial charge in [0.25, 0.3) is 5.91 Å². The highest BCUT2D eigenvalue weighted by atomic mass is 16.3. The first kappa shape index (κ1) is 21.0. The zero-order valence-electron chi connectivity index (χ0n) is 17.8. The van der Waals surface area contributed by atoms with Crippen LogP contribution in [0.4, 0.5) is 5.69 Å². The Labute approximate surface area is 183 Å². The van der Waals surface area contributed by atoms with Crippen LogP contribution in [0, 0.1) is 0 Å². The van der Waals surface area contributed by atoms with Gasteiger partial charge in [-0.25, -0.2) is 0 Å². The minimum atomic E-state index is -1.86. The third kappa shape index (κ3) is 4.17. The molecule has 3 aromatic rings. The minimum absolute atomic E-state index is 0.241. The summed E-state index contributed by atoms with van der Waals surface area (Å²) in [6.07, 6.45) is 2.93. The summed E-state index contributed by atoms with van der Waals surface area (Å²) >= 11 is 0. The number of rotatable bonds is 8. The lowest BCUT2D eigenvalue weighted by molar-refractivity contribution is -0.136. The highest BCUT2D eigenvalue weighted by molar-refractivity contribution is 6.10. The van der Waals surface area contributed by atoms with E-state index in [0.717, 1.165) is 24.8 Å². The molecule has 0 fully saturated rings. The zero-order chi connectivity index (χ0) is 21.8. The van der Waals surface area contributed by atoms with Crippen molar-refractivity contribution in [2.75, 3.05) is 4.90 Å². The number of ketones is 1. The number of hydrogen-bond acceptors (Lipinski definition) is 3. The number of nitrogens with zero attached hydrogens (tertiary/aromatic N) is 1. The second kappa shape index (κ2) is 8.86. The van der Waals surface area contributed by atoms with Crippen LogP contribution in [0.15, 0.2) is 78.9 Å². The van der Waals surface area contributed by atoms with Crippen LogP contribution in [0.25, 0.3) is 0 Å². The number of carbonyl (C=O) groups excluding carboxylic acids is 2. The largest absolute Gasteiger partial charge is 0.375 e. The van der Waals surface area contributed by atoms with Gasteiger partial charge in [-0.1, -0.05) is 86.1 Å². The van der Waals surface area contributed by atoms with Crippen molar-refractivity contribution >= 4 is 17.4 Å². The number of amides is 1.